The number of hydrogen-bond acceptors (Lipinski definition) is 5. The molecule has 0 spiro atoms. The second kappa shape index (κ2) is 7.47. The summed E-state index contributed by atoms with van der Waals surface area (Å²) in [6, 6.07) is 10.8. The van der Waals surface area contributed by atoms with E-state index in [-0.39, 0.29) is 17.8 Å². The molecule has 0 bridgehead atoms. The van der Waals surface area contributed by atoms with E-state index in [2.05, 4.69) is 48.0 Å². The summed E-state index contributed by atoms with van der Waals surface area (Å²) in [4.78, 5) is 4.50. The van der Waals surface area contributed by atoms with Gasteiger partial charge in [-0.2, -0.15) is 5.10 Å². The molecule has 0 aliphatic carbocycles. The van der Waals surface area contributed by atoms with E-state index in [9.17, 15) is 8.78 Å². The van der Waals surface area contributed by atoms with Gasteiger partial charge in [0.15, 0.2) is 11.6 Å². The van der Waals surface area contributed by atoms with Gasteiger partial charge in [0.1, 0.15) is 23.9 Å². The van der Waals surface area contributed by atoms with E-state index >= 15 is 0 Å². The van der Waals surface area contributed by atoms with Gasteiger partial charge in [-0.3, -0.25) is 9.56 Å². The van der Waals surface area contributed by atoms with Gasteiger partial charge < -0.3 is 0 Å². The molecule has 5 rings (SSSR count). The molecule has 1 aliphatic heterocycles. The highest BCUT2D eigenvalue weighted by Gasteiger charge is 2.29. The van der Waals surface area contributed by atoms with Crippen LogP contribution in [0, 0.1) is 15.2 Å². The molecule has 0 atom stereocenters. The van der Waals surface area contributed by atoms with Crippen molar-refractivity contribution in [2.24, 2.45) is 4.99 Å². The second-order valence-electron chi connectivity index (χ2n) is 6.40. The summed E-state index contributed by atoms with van der Waals surface area (Å²) < 4.78 is 31.8. The Labute approximate surface area is 187 Å². The molecule has 0 fully saturated rings. The number of nitrogens with zero attached hydrogens (tertiary/aromatic N) is 6. The van der Waals surface area contributed by atoms with Crippen LogP contribution < -0.4 is 0 Å². The van der Waals surface area contributed by atoms with Crippen molar-refractivity contribution in [3.05, 3.63) is 85.8 Å². The van der Waals surface area contributed by atoms with Gasteiger partial charge in [-0.25, -0.2) is 8.78 Å². The Bertz CT molecular complexity index is 1300. The summed E-state index contributed by atoms with van der Waals surface area (Å²) in [5.41, 5.74) is 1.34. The Morgan fingerprint density at radius 2 is 1.73 bits per heavy atom. The monoisotopic (exact) mass is 534 g/mol. The van der Waals surface area contributed by atoms with Crippen molar-refractivity contribution in [2.45, 2.75) is 6.54 Å². The molecule has 0 radical (unpaired) electrons. The number of aromatic nitrogens is 5. The minimum Gasteiger partial charge on any atom is -0.276 e. The maximum Gasteiger partial charge on any atom is 0.189 e. The van der Waals surface area contributed by atoms with Gasteiger partial charge in [0.25, 0.3) is 0 Å². The zero-order valence-corrected chi connectivity index (χ0v) is 17.9. The van der Waals surface area contributed by atoms with E-state index in [4.69, 9.17) is 11.6 Å². The maximum atomic E-state index is 14.7. The van der Waals surface area contributed by atoms with Crippen molar-refractivity contribution in [1.82, 2.24) is 25.0 Å². The zero-order chi connectivity index (χ0) is 20.8. The summed E-state index contributed by atoms with van der Waals surface area (Å²) in [6.07, 6.45) is 1.55. The zero-order valence-electron chi connectivity index (χ0n) is 15.0. The summed E-state index contributed by atoms with van der Waals surface area (Å²) >= 11 is 8.72. The standard InChI is InChI=1S/C20H10ClF2IN6/c21-18-12(24)6-7-14-17(18)19(16-10(22)3-1-4-11(16)23)25-9-15-28-29-20(30(14)15)13-5-2-8-26-27-13/h1-8H,9H2. The lowest BCUT2D eigenvalue weighted by molar-refractivity contribution is 0.579. The molecule has 0 saturated heterocycles. The first-order valence-electron chi connectivity index (χ1n) is 8.76. The summed E-state index contributed by atoms with van der Waals surface area (Å²) in [5, 5.41) is 16.8. The fourth-order valence-corrected chi connectivity index (χ4v) is 4.07. The Hall–Kier alpha value is -2.79. The summed E-state index contributed by atoms with van der Waals surface area (Å²) in [6.45, 7) is 0.0535. The number of rotatable bonds is 2. The van der Waals surface area contributed by atoms with Crippen molar-refractivity contribution in [3.8, 4) is 17.2 Å². The van der Waals surface area contributed by atoms with Crippen LogP contribution in [0.5, 0.6) is 0 Å². The number of aliphatic imine (C=N–C) groups is 1. The van der Waals surface area contributed by atoms with E-state index in [0.717, 1.165) is 3.57 Å². The molecule has 1 aliphatic rings. The highest BCUT2D eigenvalue weighted by Crippen LogP contribution is 2.36. The number of hydrogen-bond donors (Lipinski definition) is 0. The van der Waals surface area contributed by atoms with Gasteiger partial charge in [-0.1, -0.05) is 17.7 Å². The van der Waals surface area contributed by atoms with E-state index in [1.165, 1.54) is 18.2 Å². The van der Waals surface area contributed by atoms with Crippen LogP contribution in [0.3, 0.4) is 0 Å². The van der Waals surface area contributed by atoms with E-state index in [1.54, 1.807) is 29.0 Å². The Morgan fingerprint density at radius 1 is 0.933 bits per heavy atom. The third kappa shape index (κ3) is 3.00. The molecule has 2 aromatic carbocycles. The lowest BCUT2D eigenvalue weighted by Crippen LogP contribution is -2.13. The lowest BCUT2D eigenvalue weighted by atomic mass is 9.99. The predicted molar refractivity (Wildman–Crippen MR) is 116 cm³/mol. The Balaban J connectivity index is 1.84. The molecule has 4 aromatic rings. The fraction of sp³-hybridized carbons (Fsp3) is 0.0500. The molecule has 2 aromatic heterocycles. The molecule has 0 saturated carbocycles. The third-order valence-electron chi connectivity index (χ3n) is 4.66. The van der Waals surface area contributed by atoms with Gasteiger partial charge in [0, 0.05) is 15.3 Å². The van der Waals surface area contributed by atoms with Gasteiger partial charge in [0.05, 0.1) is 22.0 Å². The predicted octanol–water partition coefficient (Wildman–Crippen LogP) is 4.61. The number of fused-ring (bicyclic) bond motifs is 3. The molecule has 0 N–H and O–H groups in total. The highest BCUT2D eigenvalue weighted by atomic mass is 127. The average Bonchev–Trinajstić information content (AvgIpc) is 3.10. The lowest BCUT2D eigenvalue weighted by Gasteiger charge is -2.16. The largest absolute Gasteiger partial charge is 0.276 e. The van der Waals surface area contributed by atoms with Crippen LogP contribution in [0.1, 0.15) is 17.0 Å². The van der Waals surface area contributed by atoms with E-state index in [1.807, 2.05) is 6.07 Å². The Kier molecular flexibility index (Phi) is 4.78. The van der Waals surface area contributed by atoms with Crippen LogP contribution in [-0.2, 0) is 6.54 Å². The molecule has 148 valence electrons. The van der Waals surface area contributed by atoms with Gasteiger partial charge in [0.2, 0.25) is 0 Å². The SMILES string of the molecule is Fc1cccc(F)c1C1=NCc2nnc(-c3cccnn3)n2-c2ccc(I)c(Cl)c21. The third-order valence-corrected chi connectivity index (χ3v) is 6.27. The molecule has 0 amide bonds. The summed E-state index contributed by atoms with van der Waals surface area (Å²) in [5.74, 6) is -0.522. The van der Waals surface area contributed by atoms with Crippen molar-refractivity contribution >= 4 is 39.9 Å². The quantitative estimate of drug-likeness (QED) is 0.352. The van der Waals surface area contributed by atoms with Crippen LogP contribution in [0.15, 0.2) is 53.7 Å². The van der Waals surface area contributed by atoms with Crippen LogP contribution in [0.4, 0.5) is 8.78 Å². The average molecular weight is 535 g/mol. The number of halogens is 4. The topological polar surface area (TPSA) is 68.8 Å². The van der Waals surface area contributed by atoms with Crippen LogP contribution >= 0.6 is 34.2 Å². The first-order valence-corrected chi connectivity index (χ1v) is 10.2. The minimum atomic E-state index is -0.721. The normalized spacial score (nSPS) is 12.7. The van der Waals surface area contributed by atoms with Gasteiger partial charge in [-0.15, -0.1) is 15.3 Å². The van der Waals surface area contributed by atoms with Crippen molar-refractivity contribution in [2.75, 3.05) is 0 Å². The van der Waals surface area contributed by atoms with Crippen LogP contribution in [0.2, 0.25) is 5.02 Å². The first-order chi connectivity index (χ1) is 14.6. The van der Waals surface area contributed by atoms with Gasteiger partial charge >= 0.3 is 0 Å². The van der Waals surface area contributed by atoms with Crippen molar-refractivity contribution < 1.29 is 8.78 Å². The molecule has 3 heterocycles. The summed E-state index contributed by atoms with van der Waals surface area (Å²) in [7, 11) is 0. The van der Waals surface area contributed by atoms with Crippen LogP contribution in [-0.4, -0.2) is 30.7 Å². The second-order valence-corrected chi connectivity index (χ2v) is 7.94. The van der Waals surface area contributed by atoms with E-state index < -0.39 is 11.6 Å². The minimum absolute atomic E-state index is 0.0535. The molecule has 0 unspecified atom stereocenters. The molecular formula is C20H10ClF2IN6. The molecule has 30 heavy (non-hydrogen) atoms. The van der Waals surface area contributed by atoms with Crippen molar-refractivity contribution in [1.29, 1.82) is 0 Å². The molecule has 6 nitrogen and oxygen atoms in total. The van der Waals surface area contributed by atoms with E-state index in [0.29, 0.717) is 33.6 Å². The number of benzene rings is 2. The van der Waals surface area contributed by atoms with Gasteiger partial charge in [-0.05, 0) is 59.0 Å². The molecule has 10 heteroatoms. The fourth-order valence-electron chi connectivity index (χ4n) is 3.37. The van der Waals surface area contributed by atoms with Crippen molar-refractivity contribution in [3.63, 3.8) is 0 Å². The first kappa shape index (κ1) is 19.2. The smallest absolute Gasteiger partial charge is 0.189 e. The Morgan fingerprint density at radius 3 is 2.47 bits per heavy atom. The molecular weight excluding hydrogens is 525 g/mol. The highest BCUT2D eigenvalue weighted by molar-refractivity contribution is 14.1. The van der Waals surface area contributed by atoms with Crippen LogP contribution in [0.25, 0.3) is 17.2 Å². The maximum absolute atomic E-state index is 14.7.